The number of methoxy groups -OCH3 is 1. The number of hydrogen-bond donors (Lipinski definition) is 1. The molecule has 9 heteroatoms. The van der Waals surface area contributed by atoms with Crippen molar-refractivity contribution in [2.24, 2.45) is 0 Å². The van der Waals surface area contributed by atoms with Gasteiger partial charge in [0.2, 0.25) is 10.0 Å². The van der Waals surface area contributed by atoms with Crippen LogP contribution in [0.2, 0.25) is 0 Å². The second-order valence-electron chi connectivity index (χ2n) is 5.74. The van der Waals surface area contributed by atoms with Gasteiger partial charge >= 0.3 is 6.09 Å². The summed E-state index contributed by atoms with van der Waals surface area (Å²) >= 11 is 1.24. The van der Waals surface area contributed by atoms with Crippen LogP contribution in [0, 0.1) is 0 Å². The van der Waals surface area contributed by atoms with Gasteiger partial charge in [0.05, 0.1) is 13.7 Å². The number of nitrogens with one attached hydrogen (secondary N) is 1. The molecule has 1 N–H and O–H groups in total. The summed E-state index contributed by atoms with van der Waals surface area (Å²) in [5.41, 5.74) is 0.673. The topological polar surface area (TPSA) is 84.9 Å². The Balaban J connectivity index is 1.61. The zero-order chi connectivity index (χ0) is 18.7. The molecule has 0 radical (unpaired) electrons. The molecular weight excluding hydrogens is 376 g/mol. The lowest BCUT2D eigenvalue weighted by molar-refractivity contribution is 0.143. The molecule has 0 spiro atoms. The Kier molecular flexibility index (Phi) is 5.49. The van der Waals surface area contributed by atoms with Crippen molar-refractivity contribution >= 4 is 33.1 Å². The minimum atomic E-state index is -3.60. The van der Waals surface area contributed by atoms with Crippen LogP contribution in [0.1, 0.15) is 11.8 Å². The van der Waals surface area contributed by atoms with Gasteiger partial charge in [0.15, 0.2) is 0 Å². The van der Waals surface area contributed by atoms with Gasteiger partial charge in [0.25, 0.3) is 0 Å². The molecular formula is C17H20N2O5S2. The van der Waals surface area contributed by atoms with Gasteiger partial charge in [0.1, 0.15) is 16.1 Å². The second-order valence-corrected chi connectivity index (χ2v) is 8.90. The highest BCUT2D eigenvalue weighted by atomic mass is 32.2. The molecule has 1 amide bonds. The van der Waals surface area contributed by atoms with E-state index in [4.69, 9.17) is 9.47 Å². The molecule has 1 atom stereocenters. The molecule has 1 saturated heterocycles. The summed E-state index contributed by atoms with van der Waals surface area (Å²) in [5, 5.41) is 0. The first kappa shape index (κ1) is 18.7. The monoisotopic (exact) mass is 396 g/mol. The number of hydrogen-bond acceptors (Lipinski definition) is 6. The number of thiophene rings is 1. The van der Waals surface area contributed by atoms with Gasteiger partial charge in [-0.2, -0.15) is 0 Å². The molecule has 1 aromatic heterocycles. The van der Waals surface area contributed by atoms with E-state index in [-0.39, 0.29) is 17.3 Å². The van der Waals surface area contributed by atoms with Crippen molar-refractivity contribution in [1.29, 1.82) is 0 Å². The summed E-state index contributed by atoms with van der Waals surface area (Å²) in [6.45, 7) is 2.28. The maximum atomic E-state index is 12.4. The van der Waals surface area contributed by atoms with Crippen LogP contribution in [0.15, 0.2) is 40.6 Å². The Morgan fingerprint density at radius 2 is 2.00 bits per heavy atom. The van der Waals surface area contributed by atoms with Crippen LogP contribution in [-0.4, -0.2) is 40.8 Å². The van der Waals surface area contributed by atoms with Crippen molar-refractivity contribution in [3.63, 3.8) is 0 Å². The number of rotatable bonds is 7. The lowest BCUT2D eigenvalue weighted by atomic mass is 10.2. The maximum absolute atomic E-state index is 12.4. The Morgan fingerprint density at radius 3 is 2.62 bits per heavy atom. The first-order valence-corrected chi connectivity index (χ1v) is 10.4. The molecule has 1 aromatic carbocycles. The first-order chi connectivity index (χ1) is 12.4. The molecule has 1 aliphatic heterocycles. The molecule has 1 unspecified atom stereocenters. The van der Waals surface area contributed by atoms with E-state index >= 15 is 0 Å². The molecule has 2 heterocycles. The summed E-state index contributed by atoms with van der Waals surface area (Å²) in [5.74, 6) is 0.688. The summed E-state index contributed by atoms with van der Waals surface area (Å²) in [7, 11) is -2.04. The lowest BCUT2D eigenvalue weighted by Gasteiger charge is -2.13. The Morgan fingerprint density at radius 1 is 1.27 bits per heavy atom. The van der Waals surface area contributed by atoms with E-state index in [2.05, 4.69) is 4.72 Å². The van der Waals surface area contributed by atoms with E-state index in [1.807, 2.05) is 6.92 Å². The minimum absolute atomic E-state index is 0.0279. The summed E-state index contributed by atoms with van der Waals surface area (Å²) in [4.78, 5) is 14.5. The summed E-state index contributed by atoms with van der Waals surface area (Å²) in [6, 6.07) is 10.4. The van der Waals surface area contributed by atoms with Gasteiger partial charge in [-0.3, -0.25) is 4.90 Å². The number of anilines is 1. The largest absolute Gasteiger partial charge is 0.497 e. The van der Waals surface area contributed by atoms with Crippen molar-refractivity contribution in [3.05, 3.63) is 41.3 Å². The molecule has 0 bridgehead atoms. The van der Waals surface area contributed by atoms with Gasteiger partial charge in [-0.1, -0.05) is 6.92 Å². The number of carbonyl (C=O) groups is 1. The van der Waals surface area contributed by atoms with E-state index in [0.717, 1.165) is 11.3 Å². The van der Waals surface area contributed by atoms with Crippen molar-refractivity contribution in [2.45, 2.75) is 23.7 Å². The SMILES string of the molecule is CCc1ccc(S(=O)(=O)NCC2CN(c3ccc(OC)cc3)C(=O)O2)s1. The fourth-order valence-electron chi connectivity index (χ4n) is 2.57. The van der Waals surface area contributed by atoms with E-state index in [0.29, 0.717) is 11.4 Å². The predicted molar refractivity (Wildman–Crippen MR) is 99.5 cm³/mol. The molecule has 140 valence electrons. The maximum Gasteiger partial charge on any atom is 0.414 e. The summed E-state index contributed by atoms with van der Waals surface area (Å²) < 4.78 is 37.9. The predicted octanol–water partition coefficient (Wildman–Crippen LogP) is 2.62. The lowest BCUT2D eigenvalue weighted by Crippen LogP contribution is -2.34. The van der Waals surface area contributed by atoms with Crippen molar-refractivity contribution < 1.29 is 22.7 Å². The van der Waals surface area contributed by atoms with Crippen molar-refractivity contribution in [3.8, 4) is 5.75 Å². The van der Waals surface area contributed by atoms with Crippen LogP contribution in [0.5, 0.6) is 5.75 Å². The fraction of sp³-hybridized carbons (Fsp3) is 0.353. The average molecular weight is 396 g/mol. The van der Waals surface area contributed by atoms with E-state index in [1.54, 1.807) is 43.5 Å². The highest BCUT2D eigenvalue weighted by molar-refractivity contribution is 7.91. The van der Waals surface area contributed by atoms with E-state index < -0.39 is 22.2 Å². The van der Waals surface area contributed by atoms with Crippen LogP contribution < -0.4 is 14.4 Å². The standard InChI is InChI=1S/C17H20N2O5S2/c1-3-15-8-9-16(25-15)26(21,22)18-10-14-11-19(17(20)24-14)12-4-6-13(23-2)7-5-12/h4-9,14,18H,3,10-11H2,1-2H3. The Labute approximate surface area is 156 Å². The zero-order valence-corrected chi connectivity index (χ0v) is 16.1. The quantitative estimate of drug-likeness (QED) is 0.778. The smallest absolute Gasteiger partial charge is 0.414 e. The van der Waals surface area contributed by atoms with Gasteiger partial charge in [0, 0.05) is 17.1 Å². The number of cyclic esters (lactones) is 1. The van der Waals surface area contributed by atoms with Crippen LogP contribution >= 0.6 is 11.3 Å². The van der Waals surface area contributed by atoms with Gasteiger partial charge in [-0.15, -0.1) is 11.3 Å². The molecule has 1 aliphatic rings. The third kappa shape index (κ3) is 4.00. The van der Waals surface area contributed by atoms with Crippen LogP contribution in [0.25, 0.3) is 0 Å². The van der Waals surface area contributed by atoms with Crippen LogP contribution in [-0.2, 0) is 21.2 Å². The van der Waals surface area contributed by atoms with Crippen LogP contribution in [0.4, 0.5) is 10.5 Å². The first-order valence-electron chi connectivity index (χ1n) is 8.13. The average Bonchev–Trinajstić information content (AvgIpc) is 3.27. The summed E-state index contributed by atoms with van der Waals surface area (Å²) in [6.07, 6.45) is -0.259. The molecule has 3 rings (SSSR count). The second kappa shape index (κ2) is 7.65. The molecule has 0 saturated carbocycles. The zero-order valence-electron chi connectivity index (χ0n) is 14.5. The highest BCUT2D eigenvalue weighted by Crippen LogP contribution is 2.25. The number of nitrogens with zero attached hydrogens (tertiary/aromatic N) is 1. The number of amides is 1. The third-order valence-electron chi connectivity index (χ3n) is 4.01. The molecule has 0 aliphatic carbocycles. The van der Waals surface area contributed by atoms with E-state index in [9.17, 15) is 13.2 Å². The molecule has 2 aromatic rings. The van der Waals surface area contributed by atoms with Gasteiger partial charge in [-0.05, 0) is 42.8 Å². The highest BCUT2D eigenvalue weighted by Gasteiger charge is 2.33. The molecule has 1 fully saturated rings. The van der Waals surface area contributed by atoms with Gasteiger partial charge in [-0.25, -0.2) is 17.9 Å². The van der Waals surface area contributed by atoms with Gasteiger partial charge < -0.3 is 9.47 Å². The van der Waals surface area contributed by atoms with Crippen molar-refractivity contribution in [1.82, 2.24) is 4.72 Å². The third-order valence-corrected chi connectivity index (χ3v) is 7.15. The normalized spacial score (nSPS) is 17.4. The Hall–Kier alpha value is -2.10. The number of benzene rings is 1. The van der Waals surface area contributed by atoms with Crippen LogP contribution in [0.3, 0.4) is 0 Å². The fourth-order valence-corrected chi connectivity index (χ4v) is 4.97. The minimum Gasteiger partial charge on any atom is -0.497 e. The number of sulfonamides is 1. The number of aryl methyl sites for hydroxylation is 1. The van der Waals surface area contributed by atoms with E-state index in [1.165, 1.54) is 16.2 Å². The van der Waals surface area contributed by atoms with Crippen molar-refractivity contribution in [2.75, 3.05) is 25.1 Å². The Bertz CT molecular complexity index is 877. The molecule has 26 heavy (non-hydrogen) atoms. The molecule has 7 nitrogen and oxygen atoms in total. The number of ether oxygens (including phenoxy) is 2. The number of carbonyl (C=O) groups excluding carboxylic acids is 1.